The van der Waals surface area contributed by atoms with Gasteiger partial charge in [0.25, 0.3) is 0 Å². The smallest absolute Gasteiger partial charge is 0.143 e. The molecule has 0 heterocycles. The zero-order valence-electron chi connectivity index (χ0n) is 8.91. The molecule has 0 saturated heterocycles. The predicted octanol–water partition coefficient (Wildman–Crippen LogP) is 2.12. The molecule has 1 rings (SSSR count). The summed E-state index contributed by atoms with van der Waals surface area (Å²) in [5.74, 6) is 0.500. The number of aromatic hydroxyl groups is 1. The van der Waals surface area contributed by atoms with Gasteiger partial charge in [0.05, 0.1) is 5.69 Å². The van der Waals surface area contributed by atoms with E-state index in [4.69, 9.17) is 11.5 Å². The summed E-state index contributed by atoms with van der Waals surface area (Å²) in [6.07, 6.45) is 0. The van der Waals surface area contributed by atoms with Crippen LogP contribution in [0, 0.1) is 0 Å². The zero-order chi connectivity index (χ0) is 10.9. The molecule has 5 N–H and O–H groups in total. The van der Waals surface area contributed by atoms with E-state index in [2.05, 4.69) is 13.8 Å². The Balaban J connectivity index is 3.28. The fourth-order valence-electron chi connectivity index (χ4n) is 1.38. The topological polar surface area (TPSA) is 72.3 Å². The molecule has 0 fully saturated rings. The first-order valence-electron chi connectivity index (χ1n) is 4.81. The molecule has 0 amide bonds. The monoisotopic (exact) mass is 194 g/mol. The van der Waals surface area contributed by atoms with Crippen molar-refractivity contribution in [3.63, 3.8) is 0 Å². The number of phenolic OH excluding ortho intramolecular Hbond substituents is 1. The molecule has 1 atom stereocenters. The van der Waals surface area contributed by atoms with E-state index in [1.807, 2.05) is 13.0 Å². The summed E-state index contributed by atoms with van der Waals surface area (Å²) in [6, 6.07) is 3.52. The lowest BCUT2D eigenvalue weighted by atomic mass is 9.96. The number of hydrogen-bond acceptors (Lipinski definition) is 3. The van der Waals surface area contributed by atoms with E-state index in [1.54, 1.807) is 6.07 Å². The standard InChI is InChI=1S/C11H18N2O/c1-6(2)8-4-9(7(3)12)11(14)10(13)5-8/h4-7,14H,12-13H2,1-3H3. The summed E-state index contributed by atoms with van der Waals surface area (Å²) >= 11 is 0. The Hall–Kier alpha value is -1.22. The molecule has 1 unspecified atom stereocenters. The molecule has 0 aliphatic rings. The summed E-state index contributed by atoms with van der Waals surface area (Å²) in [6.45, 7) is 5.99. The molecule has 0 radical (unpaired) electrons. The average molecular weight is 194 g/mol. The fourth-order valence-corrected chi connectivity index (χ4v) is 1.38. The quantitative estimate of drug-likeness (QED) is 0.498. The Kier molecular flexibility index (Phi) is 3.01. The van der Waals surface area contributed by atoms with E-state index in [9.17, 15) is 5.11 Å². The molecular formula is C11H18N2O. The first-order chi connectivity index (χ1) is 6.43. The van der Waals surface area contributed by atoms with Crippen LogP contribution in [-0.4, -0.2) is 5.11 Å². The van der Waals surface area contributed by atoms with Gasteiger partial charge in [0, 0.05) is 11.6 Å². The van der Waals surface area contributed by atoms with E-state index in [0.717, 1.165) is 5.56 Å². The van der Waals surface area contributed by atoms with Crippen molar-refractivity contribution in [1.82, 2.24) is 0 Å². The second-order valence-corrected chi connectivity index (χ2v) is 3.99. The number of nitrogen functional groups attached to an aromatic ring is 1. The molecule has 1 aromatic carbocycles. The van der Waals surface area contributed by atoms with Crippen LogP contribution in [0.25, 0.3) is 0 Å². The van der Waals surface area contributed by atoms with Gasteiger partial charge in [-0.25, -0.2) is 0 Å². The molecule has 0 aliphatic heterocycles. The summed E-state index contributed by atoms with van der Waals surface area (Å²) in [5.41, 5.74) is 13.7. The van der Waals surface area contributed by atoms with Crippen LogP contribution in [0.3, 0.4) is 0 Å². The summed E-state index contributed by atoms with van der Waals surface area (Å²) in [4.78, 5) is 0. The van der Waals surface area contributed by atoms with E-state index in [-0.39, 0.29) is 11.8 Å². The van der Waals surface area contributed by atoms with E-state index < -0.39 is 0 Å². The molecule has 0 bridgehead atoms. The molecule has 1 aromatic rings. The number of hydrogen-bond donors (Lipinski definition) is 3. The molecule has 0 saturated carbocycles. The van der Waals surface area contributed by atoms with Crippen LogP contribution in [-0.2, 0) is 0 Å². The van der Waals surface area contributed by atoms with Gasteiger partial charge < -0.3 is 16.6 Å². The highest BCUT2D eigenvalue weighted by Crippen LogP contribution is 2.32. The van der Waals surface area contributed by atoms with Crippen molar-refractivity contribution in [3.8, 4) is 5.75 Å². The number of phenols is 1. The lowest BCUT2D eigenvalue weighted by Crippen LogP contribution is -2.07. The fraction of sp³-hybridized carbons (Fsp3) is 0.455. The van der Waals surface area contributed by atoms with Gasteiger partial charge in [-0.05, 0) is 24.5 Å². The van der Waals surface area contributed by atoms with Gasteiger partial charge in [-0.15, -0.1) is 0 Å². The Morgan fingerprint density at radius 3 is 2.21 bits per heavy atom. The molecule has 3 heteroatoms. The van der Waals surface area contributed by atoms with Crippen LogP contribution in [0.15, 0.2) is 12.1 Å². The number of nitrogens with two attached hydrogens (primary N) is 2. The SMILES string of the molecule is CC(C)c1cc(N)c(O)c(C(C)N)c1. The van der Waals surface area contributed by atoms with Crippen LogP contribution >= 0.6 is 0 Å². The highest BCUT2D eigenvalue weighted by molar-refractivity contribution is 5.59. The van der Waals surface area contributed by atoms with E-state index in [0.29, 0.717) is 17.2 Å². The van der Waals surface area contributed by atoms with Crippen LogP contribution < -0.4 is 11.5 Å². The number of rotatable bonds is 2. The van der Waals surface area contributed by atoms with Crippen molar-refractivity contribution < 1.29 is 5.11 Å². The zero-order valence-corrected chi connectivity index (χ0v) is 8.91. The molecule has 0 aromatic heterocycles. The Morgan fingerprint density at radius 1 is 1.21 bits per heavy atom. The highest BCUT2D eigenvalue weighted by Gasteiger charge is 2.12. The Morgan fingerprint density at radius 2 is 1.79 bits per heavy atom. The molecule has 78 valence electrons. The average Bonchev–Trinajstić information content (AvgIpc) is 2.08. The lowest BCUT2D eigenvalue weighted by molar-refractivity contribution is 0.466. The van der Waals surface area contributed by atoms with Crippen LogP contribution in [0.2, 0.25) is 0 Å². The van der Waals surface area contributed by atoms with Gasteiger partial charge >= 0.3 is 0 Å². The van der Waals surface area contributed by atoms with Gasteiger partial charge in [0.15, 0.2) is 0 Å². The molecule has 3 nitrogen and oxygen atoms in total. The van der Waals surface area contributed by atoms with Gasteiger partial charge in [-0.2, -0.15) is 0 Å². The third-order valence-electron chi connectivity index (χ3n) is 2.35. The lowest BCUT2D eigenvalue weighted by Gasteiger charge is -2.14. The highest BCUT2D eigenvalue weighted by atomic mass is 16.3. The predicted molar refractivity (Wildman–Crippen MR) is 59.2 cm³/mol. The van der Waals surface area contributed by atoms with Crippen molar-refractivity contribution in [2.45, 2.75) is 32.7 Å². The molecule has 14 heavy (non-hydrogen) atoms. The summed E-state index contributed by atoms with van der Waals surface area (Å²) in [7, 11) is 0. The minimum Gasteiger partial charge on any atom is -0.505 e. The molecule has 0 spiro atoms. The Bertz CT molecular complexity index is 332. The van der Waals surface area contributed by atoms with Crippen molar-refractivity contribution in [1.29, 1.82) is 0 Å². The first-order valence-corrected chi connectivity index (χ1v) is 4.81. The van der Waals surface area contributed by atoms with Crippen molar-refractivity contribution in [2.75, 3.05) is 5.73 Å². The number of benzene rings is 1. The maximum Gasteiger partial charge on any atom is 0.143 e. The summed E-state index contributed by atoms with van der Waals surface area (Å²) in [5, 5.41) is 9.67. The van der Waals surface area contributed by atoms with Gasteiger partial charge in [0.2, 0.25) is 0 Å². The van der Waals surface area contributed by atoms with Crippen molar-refractivity contribution >= 4 is 5.69 Å². The van der Waals surface area contributed by atoms with Crippen LogP contribution in [0.4, 0.5) is 5.69 Å². The van der Waals surface area contributed by atoms with Crippen LogP contribution in [0.1, 0.15) is 43.9 Å². The van der Waals surface area contributed by atoms with Crippen LogP contribution in [0.5, 0.6) is 5.75 Å². The van der Waals surface area contributed by atoms with E-state index >= 15 is 0 Å². The van der Waals surface area contributed by atoms with Gasteiger partial charge in [-0.3, -0.25) is 0 Å². The minimum absolute atomic E-state index is 0.115. The third kappa shape index (κ3) is 1.99. The second kappa shape index (κ2) is 3.88. The summed E-state index contributed by atoms with van der Waals surface area (Å²) < 4.78 is 0. The minimum atomic E-state index is -0.198. The number of anilines is 1. The van der Waals surface area contributed by atoms with Crippen molar-refractivity contribution in [3.05, 3.63) is 23.3 Å². The third-order valence-corrected chi connectivity index (χ3v) is 2.35. The van der Waals surface area contributed by atoms with Crippen molar-refractivity contribution in [2.24, 2.45) is 5.73 Å². The maximum atomic E-state index is 9.67. The second-order valence-electron chi connectivity index (χ2n) is 3.99. The van der Waals surface area contributed by atoms with Gasteiger partial charge in [-0.1, -0.05) is 19.9 Å². The van der Waals surface area contributed by atoms with Gasteiger partial charge in [0.1, 0.15) is 5.75 Å². The molecular weight excluding hydrogens is 176 g/mol. The maximum absolute atomic E-state index is 9.67. The first kappa shape index (κ1) is 10.9. The van der Waals surface area contributed by atoms with E-state index in [1.165, 1.54) is 0 Å². The Labute approximate surface area is 84.7 Å². The normalized spacial score (nSPS) is 13.2. The largest absolute Gasteiger partial charge is 0.505 e. The molecule has 0 aliphatic carbocycles.